The molecule has 1 aliphatic heterocycles. The molecule has 2 aromatic rings. The minimum atomic E-state index is -1.01. The molecule has 8 nitrogen and oxygen atoms in total. The van der Waals surface area contributed by atoms with Crippen molar-refractivity contribution in [3.05, 3.63) is 53.9 Å². The second-order valence-corrected chi connectivity index (χ2v) is 7.31. The number of carbonyl (C=O) groups is 2. The Morgan fingerprint density at radius 2 is 2.03 bits per heavy atom. The molecule has 30 heavy (non-hydrogen) atoms. The highest BCUT2D eigenvalue weighted by atomic mass is 16.5. The number of aromatic hydroxyl groups is 1. The number of nitrogens with one attached hydrogen (secondary N) is 1. The van der Waals surface area contributed by atoms with Gasteiger partial charge < -0.3 is 24.6 Å². The molecule has 2 heterocycles. The molecule has 0 saturated carbocycles. The van der Waals surface area contributed by atoms with Gasteiger partial charge in [-0.1, -0.05) is 30.3 Å². The van der Waals surface area contributed by atoms with Crippen LogP contribution in [0.5, 0.6) is 11.5 Å². The first kappa shape index (κ1) is 21.6. The number of pyridine rings is 1. The van der Waals surface area contributed by atoms with Crippen molar-refractivity contribution >= 4 is 11.9 Å². The second-order valence-electron chi connectivity index (χ2n) is 7.31. The number of carbonyl (C=O) groups excluding carboxylic acids is 2. The van der Waals surface area contributed by atoms with Gasteiger partial charge in [0.15, 0.2) is 23.2 Å². The SMILES string of the molecule is COc1ccnc(C(=O)N[C@H]2COC[C@H](Cc3ccccc3)C[C@H](C)OC2=O)c1O. The van der Waals surface area contributed by atoms with E-state index in [1.165, 1.54) is 24.9 Å². The zero-order valence-electron chi connectivity index (χ0n) is 17.0. The van der Waals surface area contributed by atoms with E-state index in [1.54, 1.807) is 0 Å². The highest BCUT2D eigenvalue weighted by Gasteiger charge is 2.30. The smallest absolute Gasteiger partial charge is 0.331 e. The van der Waals surface area contributed by atoms with Gasteiger partial charge in [-0.15, -0.1) is 0 Å². The summed E-state index contributed by atoms with van der Waals surface area (Å²) in [5, 5.41) is 12.7. The summed E-state index contributed by atoms with van der Waals surface area (Å²) >= 11 is 0. The lowest BCUT2D eigenvalue weighted by Gasteiger charge is -2.20. The van der Waals surface area contributed by atoms with Crippen molar-refractivity contribution in [2.45, 2.75) is 31.9 Å². The van der Waals surface area contributed by atoms with E-state index >= 15 is 0 Å². The van der Waals surface area contributed by atoms with Crippen molar-refractivity contribution in [3.8, 4) is 11.5 Å². The fourth-order valence-corrected chi connectivity index (χ4v) is 3.47. The molecule has 1 fully saturated rings. The molecule has 0 radical (unpaired) electrons. The van der Waals surface area contributed by atoms with Crippen LogP contribution in [0.4, 0.5) is 0 Å². The van der Waals surface area contributed by atoms with Gasteiger partial charge in [0.05, 0.1) is 19.8 Å². The van der Waals surface area contributed by atoms with Gasteiger partial charge in [0.2, 0.25) is 0 Å². The first-order valence-electron chi connectivity index (χ1n) is 9.83. The van der Waals surface area contributed by atoms with Crippen LogP contribution in [-0.4, -0.2) is 54.4 Å². The molecule has 0 bridgehead atoms. The average Bonchev–Trinajstić information content (AvgIpc) is 2.78. The van der Waals surface area contributed by atoms with E-state index in [2.05, 4.69) is 22.4 Å². The van der Waals surface area contributed by atoms with E-state index in [-0.39, 0.29) is 30.1 Å². The van der Waals surface area contributed by atoms with Crippen LogP contribution in [0.15, 0.2) is 42.6 Å². The number of nitrogens with zero attached hydrogens (tertiary/aromatic N) is 1. The highest BCUT2D eigenvalue weighted by molar-refractivity contribution is 5.98. The number of ether oxygens (including phenoxy) is 3. The van der Waals surface area contributed by atoms with Crippen molar-refractivity contribution < 1.29 is 28.9 Å². The third-order valence-corrected chi connectivity index (χ3v) is 4.90. The Kier molecular flexibility index (Phi) is 7.24. The maximum Gasteiger partial charge on any atom is 0.331 e. The van der Waals surface area contributed by atoms with E-state index < -0.39 is 23.7 Å². The van der Waals surface area contributed by atoms with Crippen molar-refractivity contribution in [2.75, 3.05) is 20.3 Å². The van der Waals surface area contributed by atoms with Crippen molar-refractivity contribution in [1.82, 2.24) is 10.3 Å². The second kappa shape index (κ2) is 10.1. The van der Waals surface area contributed by atoms with Gasteiger partial charge in [-0.25, -0.2) is 9.78 Å². The van der Waals surface area contributed by atoms with Crippen LogP contribution in [0.2, 0.25) is 0 Å². The number of hydrogen-bond acceptors (Lipinski definition) is 7. The quantitative estimate of drug-likeness (QED) is 0.722. The van der Waals surface area contributed by atoms with Gasteiger partial charge >= 0.3 is 5.97 Å². The molecule has 1 saturated heterocycles. The van der Waals surface area contributed by atoms with E-state index in [4.69, 9.17) is 14.2 Å². The molecule has 0 spiro atoms. The Balaban J connectivity index is 1.67. The number of cyclic esters (lactones) is 1. The predicted octanol–water partition coefficient (Wildman–Crippen LogP) is 2.11. The minimum Gasteiger partial charge on any atom is -0.503 e. The molecule has 0 unspecified atom stereocenters. The molecule has 1 aromatic heterocycles. The molecular formula is C22H26N2O6. The number of rotatable bonds is 5. The van der Waals surface area contributed by atoms with Crippen LogP contribution >= 0.6 is 0 Å². The summed E-state index contributed by atoms with van der Waals surface area (Å²) in [5.41, 5.74) is 0.949. The summed E-state index contributed by atoms with van der Waals surface area (Å²) in [7, 11) is 1.37. The van der Waals surface area contributed by atoms with Gasteiger partial charge in [-0.2, -0.15) is 0 Å². The number of benzene rings is 1. The number of aromatic nitrogens is 1. The van der Waals surface area contributed by atoms with Crippen LogP contribution < -0.4 is 10.1 Å². The molecule has 160 valence electrons. The molecule has 1 aromatic carbocycles. The fourth-order valence-electron chi connectivity index (χ4n) is 3.47. The third kappa shape index (κ3) is 5.48. The molecule has 1 amide bonds. The summed E-state index contributed by atoms with van der Waals surface area (Å²) in [4.78, 5) is 29.0. The normalized spacial score (nSPS) is 22.2. The van der Waals surface area contributed by atoms with Gasteiger partial charge in [0.25, 0.3) is 5.91 Å². The van der Waals surface area contributed by atoms with Gasteiger partial charge in [0, 0.05) is 18.9 Å². The predicted molar refractivity (Wildman–Crippen MR) is 108 cm³/mol. The van der Waals surface area contributed by atoms with Crippen molar-refractivity contribution in [1.29, 1.82) is 0 Å². The molecular weight excluding hydrogens is 388 g/mol. The number of esters is 1. The van der Waals surface area contributed by atoms with Gasteiger partial charge in [-0.05, 0) is 31.2 Å². The van der Waals surface area contributed by atoms with E-state index in [1.807, 2.05) is 25.1 Å². The number of hydrogen-bond donors (Lipinski definition) is 2. The lowest BCUT2D eigenvalue weighted by molar-refractivity contribution is -0.151. The summed E-state index contributed by atoms with van der Waals surface area (Å²) in [5.74, 6) is -1.41. The molecule has 8 heteroatoms. The monoisotopic (exact) mass is 414 g/mol. The summed E-state index contributed by atoms with van der Waals surface area (Å²) < 4.78 is 16.3. The van der Waals surface area contributed by atoms with Crippen LogP contribution in [0.3, 0.4) is 0 Å². The Bertz CT molecular complexity index is 873. The van der Waals surface area contributed by atoms with Gasteiger partial charge in [-0.3, -0.25) is 4.79 Å². The Morgan fingerprint density at radius 1 is 1.27 bits per heavy atom. The largest absolute Gasteiger partial charge is 0.503 e. The van der Waals surface area contributed by atoms with Crippen LogP contribution in [0.1, 0.15) is 29.4 Å². The van der Waals surface area contributed by atoms with Crippen LogP contribution in [0.25, 0.3) is 0 Å². The van der Waals surface area contributed by atoms with E-state index in [0.717, 1.165) is 6.42 Å². The summed E-state index contributed by atoms with van der Waals surface area (Å²) in [6.45, 7) is 2.23. The van der Waals surface area contributed by atoms with Crippen LogP contribution in [-0.2, 0) is 20.7 Å². The zero-order valence-corrected chi connectivity index (χ0v) is 17.0. The maximum absolute atomic E-state index is 12.6. The average molecular weight is 414 g/mol. The highest BCUT2D eigenvalue weighted by Crippen LogP contribution is 2.27. The zero-order chi connectivity index (χ0) is 21.5. The lowest BCUT2D eigenvalue weighted by atomic mass is 9.95. The maximum atomic E-state index is 12.6. The third-order valence-electron chi connectivity index (χ3n) is 4.90. The minimum absolute atomic E-state index is 0.0344. The first-order valence-corrected chi connectivity index (χ1v) is 9.83. The number of amides is 1. The summed E-state index contributed by atoms with van der Waals surface area (Å²) in [6.07, 6.45) is 2.47. The van der Waals surface area contributed by atoms with Crippen molar-refractivity contribution in [3.63, 3.8) is 0 Å². The van der Waals surface area contributed by atoms with E-state index in [9.17, 15) is 14.7 Å². The molecule has 1 aliphatic rings. The molecule has 3 atom stereocenters. The summed E-state index contributed by atoms with van der Waals surface area (Å²) in [6, 6.07) is 10.5. The van der Waals surface area contributed by atoms with Crippen molar-refractivity contribution in [2.24, 2.45) is 5.92 Å². The molecule has 0 aliphatic carbocycles. The van der Waals surface area contributed by atoms with Gasteiger partial charge in [0.1, 0.15) is 0 Å². The Morgan fingerprint density at radius 3 is 2.77 bits per heavy atom. The molecule has 2 N–H and O–H groups in total. The fraction of sp³-hybridized carbons (Fsp3) is 0.409. The topological polar surface area (TPSA) is 107 Å². The first-order chi connectivity index (χ1) is 14.5. The van der Waals surface area contributed by atoms with Crippen LogP contribution in [0, 0.1) is 5.92 Å². The Labute approximate surface area is 175 Å². The lowest BCUT2D eigenvalue weighted by Crippen LogP contribution is -2.45. The Hall–Kier alpha value is -3.13. The van der Waals surface area contributed by atoms with E-state index in [0.29, 0.717) is 13.0 Å². The standard InChI is InChI=1S/C22H26N2O6/c1-14-10-16(11-15-6-4-3-5-7-15)12-29-13-17(22(27)30-14)24-21(26)19-20(25)18(28-2)8-9-23-19/h3-9,14,16-17,25H,10-13H2,1-2H3,(H,24,26)/t14-,16-,17-/m0/s1. The number of methoxy groups -OCH3 is 1. The molecule has 3 rings (SSSR count).